The van der Waals surface area contributed by atoms with Crippen LogP contribution in [0.3, 0.4) is 0 Å². The van der Waals surface area contributed by atoms with Crippen molar-refractivity contribution >= 4 is 22.4 Å². The van der Waals surface area contributed by atoms with Gasteiger partial charge in [-0.05, 0) is 57.2 Å². The Labute approximate surface area is 211 Å². The molecule has 0 amide bonds. The van der Waals surface area contributed by atoms with Crippen LogP contribution in [0.25, 0.3) is 11.0 Å². The second-order valence-corrected chi connectivity index (χ2v) is 10.1. The van der Waals surface area contributed by atoms with Gasteiger partial charge in [-0.15, -0.1) is 0 Å². The molecular weight excluding hydrogens is 454 g/mol. The van der Waals surface area contributed by atoms with Crippen LogP contribution in [0.1, 0.15) is 50.8 Å². The molecule has 1 fully saturated rings. The zero-order valence-corrected chi connectivity index (χ0v) is 21.3. The topological polar surface area (TPSA) is 104 Å². The van der Waals surface area contributed by atoms with Gasteiger partial charge in [-0.2, -0.15) is 5.26 Å². The minimum Gasteiger partial charge on any atom is -0.392 e. The van der Waals surface area contributed by atoms with Crippen LogP contribution in [-0.2, 0) is 11.9 Å². The number of hydrogen-bond donors (Lipinski definition) is 1. The third-order valence-corrected chi connectivity index (χ3v) is 7.04. The van der Waals surface area contributed by atoms with Crippen molar-refractivity contribution in [2.75, 3.05) is 18.6 Å². The molecule has 0 bridgehead atoms. The molecule has 2 aromatic heterocycles. The summed E-state index contributed by atoms with van der Waals surface area (Å²) in [6.45, 7) is 3.50. The van der Waals surface area contributed by atoms with Crippen LogP contribution in [0.5, 0.6) is 0 Å². The maximum atomic E-state index is 12.7. The molecule has 1 saturated carbocycles. The first-order chi connectivity index (χ1) is 17.2. The highest BCUT2D eigenvalue weighted by atomic mass is 16.7. The quantitative estimate of drug-likeness (QED) is 0.399. The lowest BCUT2D eigenvalue weighted by Gasteiger charge is -2.36. The Morgan fingerprint density at radius 1 is 1.22 bits per heavy atom. The molecule has 1 aromatic carbocycles. The molecule has 8 nitrogen and oxygen atoms in total. The molecule has 1 aliphatic carbocycles. The summed E-state index contributed by atoms with van der Waals surface area (Å²) in [6, 6.07) is 17.4. The molecule has 1 N–H and O–H groups in total. The summed E-state index contributed by atoms with van der Waals surface area (Å²) in [5, 5.41) is 23.5. The van der Waals surface area contributed by atoms with Gasteiger partial charge in [0.2, 0.25) is 0 Å². The third-order valence-electron chi connectivity index (χ3n) is 7.04. The maximum Gasteiger partial charge on any atom is 0.252 e. The zero-order valence-electron chi connectivity index (χ0n) is 21.3. The maximum absolute atomic E-state index is 12.7. The van der Waals surface area contributed by atoms with Crippen molar-refractivity contribution < 1.29 is 9.94 Å². The molecule has 8 heteroatoms. The minimum atomic E-state index is -0.757. The van der Waals surface area contributed by atoms with Gasteiger partial charge in [0.1, 0.15) is 17.3 Å². The van der Waals surface area contributed by atoms with E-state index in [1.807, 2.05) is 51.2 Å². The van der Waals surface area contributed by atoms with Crippen LogP contribution in [0.15, 0.2) is 58.5 Å². The second kappa shape index (κ2) is 10.5. The summed E-state index contributed by atoms with van der Waals surface area (Å²) >= 11 is 0. The minimum absolute atomic E-state index is 0.105. The van der Waals surface area contributed by atoms with E-state index in [2.05, 4.69) is 21.1 Å². The van der Waals surface area contributed by atoms with E-state index in [1.165, 1.54) is 0 Å². The van der Waals surface area contributed by atoms with Crippen LogP contribution >= 0.6 is 0 Å². The summed E-state index contributed by atoms with van der Waals surface area (Å²) in [7, 11) is 3.72. The highest BCUT2D eigenvalue weighted by Gasteiger charge is 2.30. The lowest BCUT2D eigenvalue weighted by atomic mass is 9.80. The molecule has 188 valence electrons. The monoisotopic (exact) mass is 487 g/mol. The molecule has 0 saturated heterocycles. The molecular formula is C28H33N5O3. The van der Waals surface area contributed by atoms with Crippen LogP contribution in [-0.4, -0.2) is 45.7 Å². The van der Waals surface area contributed by atoms with Crippen molar-refractivity contribution in [1.29, 1.82) is 5.26 Å². The number of nitriles is 1. The Balaban J connectivity index is 1.58. The number of oxime groups is 1. The summed E-state index contributed by atoms with van der Waals surface area (Å²) in [6.07, 6.45) is 3.63. The Hall–Kier alpha value is -3.70. The van der Waals surface area contributed by atoms with Crippen molar-refractivity contribution in [3.05, 3.63) is 70.1 Å². The van der Waals surface area contributed by atoms with Gasteiger partial charge in [0, 0.05) is 32.1 Å². The van der Waals surface area contributed by atoms with Crippen molar-refractivity contribution in [2.45, 2.75) is 51.2 Å². The van der Waals surface area contributed by atoms with Gasteiger partial charge in [-0.3, -0.25) is 4.79 Å². The third kappa shape index (κ3) is 5.26. The number of aryl methyl sites for hydroxylation is 1. The molecule has 36 heavy (non-hydrogen) atoms. The lowest BCUT2D eigenvalue weighted by Crippen LogP contribution is -2.38. The number of pyridine rings is 2. The van der Waals surface area contributed by atoms with Gasteiger partial charge in [0.15, 0.2) is 5.60 Å². The van der Waals surface area contributed by atoms with Gasteiger partial charge >= 0.3 is 0 Å². The largest absolute Gasteiger partial charge is 0.392 e. The van der Waals surface area contributed by atoms with Crippen molar-refractivity contribution in [3.63, 3.8) is 0 Å². The lowest BCUT2D eigenvalue weighted by molar-refractivity contribution is -0.0520. The van der Waals surface area contributed by atoms with Gasteiger partial charge in [0.25, 0.3) is 5.56 Å². The number of anilines is 1. The van der Waals surface area contributed by atoms with Gasteiger partial charge in [0.05, 0.1) is 23.5 Å². The first kappa shape index (κ1) is 25.4. The fourth-order valence-electron chi connectivity index (χ4n) is 4.75. The van der Waals surface area contributed by atoms with E-state index < -0.39 is 5.60 Å². The highest BCUT2D eigenvalue weighted by Crippen LogP contribution is 2.34. The Morgan fingerprint density at radius 2 is 1.92 bits per heavy atom. The van der Waals surface area contributed by atoms with Gasteiger partial charge in [-0.25, -0.2) is 4.98 Å². The molecule has 0 radical (unpaired) electrons. The van der Waals surface area contributed by atoms with Crippen LogP contribution in [0.2, 0.25) is 0 Å². The van der Waals surface area contributed by atoms with E-state index in [0.717, 1.165) is 42.6 Å². The van der Waals surface area contributed by atoms with Gasteiger partial charge < -0.3 is 19.4 Å². The predicted octanol–water partition coefficient (Wildman–Crippen LogP) is 3.99. The average molecular weight is 488 g/mol. The second-order valence-electron chi connectivity index (χ2n) is 10.1. The van der Waals surface area contributed by atoms with Gasteiger partial charge in [-0.1, -0.05) is 35.5 Å². The normalized spacial score (nSPS) is 18.6. The van der Waals surface area contributed by atoms with E-state index in [9.17, 15) is 15.2 Å². The molecule has 1 aliphatic rings. The number of benzene rings is 1. The summed E-state index contributed by atoms with van der Waals surface area (Å²) in [5.74, 6) is 0.218. The number of nitrogens with zero attached hydrogens (tertiary/aromatic N) is 5. The molecule has 0 atom stereocenters. The molecule has 3 aromatic rings. The number of aromatic nitrogens is 2. The molecule has 0 spiro atoms. The first-order valence-electron chi connectivity index (χ1n) is 12.3. The molecule has 0 aliphatic heterocycles. The Morgan fingerprint density at radius 3 is 2.56 bits per heavy atom. The average Bonchev–Trinajstić information content (AvgIpc) is 2.91. The summed E-state index contributed by atoms with van der Waals surface area (Å²) in [5.41, 5.74) is 3.50. The first-order valence-corrected chi connectivity index (χ1v) is 12.3. The standard InChI is InChI=1S/C28H33N5O3/c1-28(2,18-34)36-31-26(19-8-6-5-7-9-19)20-10-13-22(14-11-20)32(3)24-16-25(35)33(4)23-15-12-21(17-29)30-27(23)24/h5-9,12,15-16,20,22,34H,10-11,13-14,18H2,1-4H3/b31-26+. The predicted molar refractivity (Wildman–Crippen MR) is 141 cm³/mol. The summed E-state index contributed by atoms with van der Waals surface area (Å²) < 4.78 is 1.56. The van der Waals surface area contributed by atoms with Crippen molar-refractivity contribution in [2.24, 2.45) is 18.1 Å². The highest BCUT2D eigenvalue weighted by molar-refractivity contribution is 6.02. The Kier molecular flexibility index (Phi) is 7.41. The SMILES string of the molecule is CN(c1cc(=O)n(C)c2ccc(C#N)nc12)C1CCC(/C(=N/OC(C)(C)CO)c2ccccc2)CC1. The van der Waals surface area contributed by atoms with E-state index >= 15 is 0 Å². The molecule has 2 heterocycles. The van der Waals surface area contributed by atoms with E-state index in [1.54, 1.807) is 29.8 Å². The number of fused-ring (bicyclic) bond motifs is 1. The van der Waals surface area contributed by atoms with Crippen LogP contribution in [0.4, 0.5) is 5.69 Å². The van der Waals surface area contributed by atoms with Crippen molar-refractivity contribution in [3.8, 4) is 6.07 Å². The van der Waals surface area contributed by atoms with E-state index in [4.69, 9.17) is 4.84 Å². The number of rotatable bonds is 7. The fourth-order valence-corrected chi connectivity index (χ4v) is 4.75. The van der Waals surface area contributed by atoms with Crippen LogP contribution < -0.4 is 10.5 Å². The zero-order chi connectivity index (χ0) is 25.9. The van der Waals surface area contributed by atoms with E-state index in [-0.39, 0.29) is 24.1 Å². The summed E-state index contributed by atoms with van der Waals surface area (Å²) in [4.78, 5) is 25.1. The Bertz CT molecular complexity index is 1350. The number of hydrogen-bond acceptors (Lipinski definition) is 7. The number of aliphatic hydroxyl groups excluding tert-OH is 1. The fraction of sp³-hybridized carbons (Fsp3) is 0.429. The smallest absolute Gasteiger partial charge is 0.252 e. The van der Waals surface area contributed by atoms with Crippen LogP contribution in [0, 0.1) is 17.2 Å². The molecule has 0 unspecified atom stereocenters. The van der Waals surface area contributed by atoms with E-state index in [0.29, 0.717) is 16.7 Å². The molecule has 4 rings (SSSR count). The number of aliphatic hydroxyl groups is 1. The van der Waals surface area contributed by atoms with Crippen molar-refractivity contribution in [1.82, 2.24) is 9.55 Å².